The van der Waals surface area contributed by atoms with Crippen molar-refractivity contribution in [1.82, 2.24) is 14.4 Å². The molecule has 1 aliphatic rings. The van der Waals surface area contributed by atoms with Crippen molar-refractivity contribution < 1.29 is 23.5 Å². The van der Waals surface area contributed by atoms with E-state index in [1.807, 2.05) is 55.6 Å². The average molecular weight is 542 g/mol. The van der Waals surface area contributed by atoms with Crippen molar-refractivity contribution in [2.45, 2.75) is 33.0 Å². The number of benzene rings is 3. The van der Waals surface area contributed by atoms with Crippen LogP contribution in [0.5, 0.6) is 11.5 Å². The number of carbonyl (C=O) groups is 2. The highest BCUT2D eigenvalue weighted by Crippen LogP contribution is 2.32. The highest BCUT2D eigenvalue weighted by molar-refractivity contribution is 5.97. The minimum absolute atomic E-state index is 0.0490. The van der Waals surface area contributed by atoms with Crippen LogP contribution in [0, 0.1) is 5.82 Å². The fourth-order valence-electron chi connectivity index (χ4n) is 4.76. The normalized spacial score (nSPS) is 11.8. The molecule has 0 bridgehead atoms. The lowest BCUT2D eigenvalue weighted by atomic mass is 10.1. The molecule has 8 heteroatoms. The third kappa shape index (κ3) is 6.51. The van der Waals surface area contributed by atoms with Gasteiger partial charge in [0.1, 0.15) is 12.4 Å². The third-order valence-corrected chi connectivity index (χ3v) is 6.84. The second-order valence-electron chi connectivity index (χ2n) is 9.78. The smallest absolute Gasteiger partial charge is 0.254 e. The van der Waals surface area contributed by atoms with Crippen molar-refractivity contribution in [3.05, 3.63) is 119 Å². The Hall–Kier alpha value is -4.59. The number of hydrogen-bond donors (Lipinski definition) is 0. The van der Waals surface area contributed by atoms with E-state index < -0.39 is 0 Å². The van der Waals surface area contributed by atoms with Crippen LogP contribution in [0.3, 0.4) is 0 Å². The van der Waals surface area contributed by atoms with Crippen LogP contribution >= 0.6 is 0 Å². The highest BCUT2D eigenvalue weighted by Gasteiger charge is 2.25. The SMILES string of the molecule is CCCN(CC(=O)N(Cc1ccccc1)Cc1cccn1Cc1ccc(F)cc1)C(=O)c1ccc2c(c1)OCO2. The molecule has 3 aromatic carbocycles. The number of hydrogen-bond acceptors (Lipinski definition) is 4. The Labute approximate surface area is 233 Å². The van der Waals surface area contributed by atoms with Gasteiger partial charge < -0.3 is 23.8 Å². The molecule has 0 N–H and O–H groups in total. The minimum atomic E-state index is -0.275. The molecule has 0 radical (unpaired) electrons. The molecule has 2 amide bonds. The second kappa shape index (κ2) is 12.5. The van der Waals surface area contributed by atoms with E-state index in [9.17, 15) is 14.0 Å². The quantitative estimate of drug-likeness (QED) is 0.252. The number of carbonyl (C=O) groups excluding carboxylic acids is 2. The van der Waals surface area contributed by atoms with Crippen LogP contribution < -0.4 is 9.47 Å². The van der Waals surface area contributed by atoms with Crippen molar-refractivity contribution in [3.8, 4) is 11.5 Å². The van der Waals surface area contributed by atoms with Crippen molar-refractivity contribution in [1.29, 1.82) is 0 Å². The molecule has 0 spiro atoms. The molecular weight excluding hydrogens is 509 g/mol. The first kappa shape index (κ1) is 27.0. The summed E-state index contributed by atoms with van der Waals surface area (Å²) in [5.41, 5.74) is 3.35. The van der Waals surface area contributed by atoms with Gasteiger partial charge in [-0.25, -0.2) is 4.39 Å². The Morgan fingerprint density at radius 2 is 1.62 bits per heavy atom. The fraction of sp³-hybridized carbons (Fsp3) is 0.250. The predicted octanol–water partition coefficient (Wildman–Crippen LogP) is 5.49. The molecule has 1 aliphatic heterocycles. The largest absolute Gasteiger partial charge is 0.454 e. The third-order valence-electron chi connectivity index (χ3n) is 6.84. The van der Waals surface area contributed by atoms with Gasteiger partial charge in [-0.1, -0.05) is 49.4 Å². The summed E-state index contributed by atoms with van der Waals surface area (Å²) in [7, 11) is 0. The van der Waals surface area contributed by atoms with Gasteiger partial charge in [0.25, 0.3) is 5.91 Å². The van der Waals surface area contributed by atoms with E-state index in [1.165, 1.54) is 12.1 Å². The summed E-state index contributed by atoms with van der Waals surface area (Å²) in [5.74, 6) is 0.477. The molecule has 0 saturated carbocycles. The van der Waals surface area contributed by atoms with Gasteiger partial charge in [-0.2, -0.15) is 0 Å². The molecule has 40 heavy (non-hydrogen) atoms. The Morgan fingerprint density at radius 1 is 0.850 bits per heavy atom. The monoisotopic (exact) mass is 541 g/mol. The van der Waals surface area contributed by atoms with Gasteiger partial charge in [-0.3, -0.25) is 9.59 Å². The van der Waals surface area contributed by atoms with Crippen LogP contribution in [-0.2, 0) is 24.4 Å². The molecule has 1 aromatic heterocycles. The zero-order chi connectivity index (χ0) is 27.9. The number of rotatable bonds is 11. The number of halogens is 1. The Balaban J connectivity index is 1.35. The van der Waals surface area contributed by atoms with Crippen molar-refractivity contribution in [2.24, 2.45) is 0 Å². The molecule has 0 atom stereocenters. The lowest BCUT2D eigenvalue weighted by Gasteiger charge is -2.28. The summed E-state index contributed by atoms with van der Waals surface area (Å²) in [4.78, 5) is 30.7. The Bertz CT molecular complexity index is 1450. The number of fused-ring (bicyclic) bond motifs is 1. The van der Waals surface area contributed by atoms with Crippen molar-refractivity contribution in [3.63, 3.8) is 0 Å². The van der Waals surface area contributed by atoms with Crippen molar-refractivity contribution >= 4 is 11.8 Å². The first-order valence-electron chi connectivity index (χ1n) is 13.4. The summed E-state index contributed by atoms with van der Waals surface area (Å²) in [6.07, 6.45) is 2.67. The van der Waals surface area contributed by atoms with Gasteiger partial charge in [0, 0.05) is 37.1 Å². The summed E-state index contributed by atoms with van der Waals surface area (Å²) < 4.78 is 26.3. The second-order valence-corrected chi connectivity index (χ2v) is 9.78. The van der Waals surface area contributed by atoms with Gasteiger partial charge >= 0.3 is 0 Å². The molecule has 5 rings (SSSR count). The minimum Gasteiger partial charge on any atom is -0.454 e. The van der Waals surface area contributed by atoms with Gasteiger partial charge in [-0.05, 0) is 60.0 Å². The van der Waals surface area contributed by atoms with E-state index in [4.69, 9.17) is 9.47 Å². The zero-order valence-electron chi connectivity index (χ0n) is 22.5. The molecule has 2 heterocycles. The maximum Gasteiger partial charge on any atom is 0.254 e. The molecule has 0 saturated heterocycles. The van der Waals surface area contributed by atoms with Gasteiger partial charge in [0.2, 0.25) is 12.7 Å². The van der Waals surface area contributed by atoms with Gasteiger partial charge in [0.05, 0.1) is 6.54 Å². The molecule has 0 unspecified atom stereocenters. The van der Waals surface area contributed by atoms with Crippen molar-refractivity contribution in [2.75, 3.05) is 19.9 Å². The van der Waals surface area contributed by atoms with Crippen LogP contribution in [0.15, 0.2) is 91.1 Å². The van der Waals surface area contributed by atoms with Crippen LogP contribution in [0.1, 0.15) is 40.5 Å². The molecular formula is C32H32FN3O4. The van der Waals surface area contributed by atoms with Crippen LogP contribution in [0.4, 0.5) is 4.39 Å². The van der Waals surface area contributed by atoms with Gasteiger partial charge in [-0.15, -0.1) is 0 Å². The topological polar surface area (TPSA) is 64.0 Å². The molecule has 7 nitrogen and oxygen atoms in total. The average Bonchev–Trinajstić information content (AvgIpc) is 3.62. The molecule has 206 valence electrons. The zero-order valence-corrected chi connectivity index (χ0v) is 22.5. The predicted molar refractivity (Wildman–Crippen MR) is 149 cm³/mol. The first-order valence-corrected chi connectivity index (χ1v) is 13.4. The number of aromatic nitrogens is 1. The van der Waals surface area contributed by atoms with E-state index in [-0.39, 0.29) is 31.0 Å². The van der Waals surface area contributed by atoms with Crippen LogP contribution in [0.2, 0.25) is 0 Å². The van der Waals surface area contributed by atoms with E-state index in [0.29, 0.717) is 49.7 Å². The first-order chi connectivity index (χ1) is 19.5. The van der Waals surface area contributed by atoms with Crippen LogP contribution in [-0.4, -0.2) is 46.1 Å². The number of ether oxygens (including phenoxy) is 2. The van der Waals surface area contributed by atoms with Gasteiger partial charge in [0.15, 0.2) is 11.5 Å². The van der Waals surface area contributed by atoms with E-state index in [1.54, 1.807) is 40.1 Å². The Kier molecular flexibility index (Phi) is 8.44. The maximum atomic E-state index is 13.8. The fourth-order valence-corrected chi connectivity index (χ4v) is 4.76. The lowest BCUT2D eigenvalue weighted by molar-refractivity contribution is -0.133. The molecule has 0 aliphatic carbocycles. The van der Waals surface area contributed by atoms with E-state index >= 15 is 0 Å². The summed E-state index contributed by atoms with van der Waals surface area (Å²) >= 11 is 0. The lowest BCUT2D eigenvalue weighted by Crippen LogP contribution is -2.43. The van der Waals surface area contributed by atoms with E-state index in [0.717, 1.165) is 16.8 Å². The summed E-state index contributed by atoms with van der Waals surface area (Å²) in [6, 6.07) is 25.2. The van der Waals surface area contributed by atoms with Crippen LogP contribution in [0.25, 0.3) is 0 Å². The number of amides is 2. The highest BCUT2D eigenvalue weighted by atomic mass is 19.1. The maximum absolute atomic E-state index is 13.8. The standard InChI is InChI=1S/C32H32FN3O4/c1-2-16-35(32(38)26-12-15-29-30(18-26)40-23-39-29)22-31(37)36(20-24-7-4-3-5-8-24)21-28-9-6-17-34(28)19-25-10-13-27(33)14-11-25/h3-15,17-18H,2,16,19-23H2,1H3. The number of nitrogens with zero attached hydrogens (tertiary/aromatic N) is 3. The molecule has 4 aromatic rings. The summed E-state index contributed by atoms with van der Waals surface area (Å²) in [6.45, 7) is 3.82. The summed E-state index contributed by atoms with van der Waals surface area (Å²) in [5, 5.41) is 0. The molecule has 0 fully saturated rings. The van der Waals surface area contributed by atoms with E-state index in [2.05, 4.69) is 4.57 Å². The Morgan fingerprint density at radius 3 is 2.40 bits per heavy atom.